The lowest BCUT2D eigenvalue weighted by molar-refractivity contribution is 0.386. The molecule has 0 aromatic heterocycles. The smallest absolute Gasteiger partial charge is 0.246 e. The van der Waals surface area contributed by atoms with Gasteiger partial charge in [-0.3, -0.25) is 0 Å². The number of rotatable bonds is 7. The Bertz CT molecular complexity index is 576. The Morgan fingerprint density at radius 2 is 2.00 bits per heavy atom. The third kappa shape index (κ3) is 4.57. The summed E-state index contributed by atoms with van der Waals surface area (Å²) in [6.07, 6.45) is 0.594. The van der Waals surface area contributed by atoms with Gasteiger partial charge in [-0.15, -0.1) is 0 Å². The number of benzene rings is 1. The number of ether oxygens (including phenoxy) is 1. The number of nitrogens with two attached hydrogens (primary N) is 1. The fourth-order valence-corrected chi connectivity index (χ4v) is 3.40. The van der Waals surface area contributed by atoms with Crippen LogP contribution in [0.3, 0.4) is 0 Å². The molecule has 0 spiro atoms. The van der Waals surface area contributed by atoms with Crippen molar-refractivity contribution in [2.45, 2.75) is 31.2 Å². The number of sulfonamides is 1. The molecule has 1 atom stereocenters. The van der Waals surface area contributed by atoms with Crippen LogP contribution in [0.15, 0.2) is 23.1 Å². The van der Waals surface area contributed by atoms with Crippen molar-refractivity contribution in [1.82, 2.24) is 4.31 Å². The van der Waals surface area contributed by atoms with E-state index in [4.69, 9.17) is 22.1 Å². The van der Waals surface area contributed by atoms with E-state index in [1.807, 2.05) is 13.8 Å². The van der Waals surface area contributed by atoms with Crippen molar-refractivity contribution in [3.8, 4) is 5.75 Å². The number of methoxy groups -OCH3 is 1. The van der Waals surface area contributed by atoms with Gasteiger partial charge in [0.1, 0.15) is 10.6 Å². The van der Waals surface area contributed by atoms with Crippen LogP contribution in [0, 0.1) is 5.92 Å². The molecule has 0 saturated carbocycles. The minimum atomic E-state index is -3.66. The molecule has 1 aromatic rings. The molecule has 1 unspecified atom stereocenters. The van der Waals surface area contributed by atoms with Gasteiger partial charge in [0, 0.05) is 24.7 Å². The van der Waals surface area contributed by atoms with Gasteiger partial charge < -0.3 is 10.5 Å². The van der Waals surface area contributed by atoms with Gasteiger partial charge in [0.05, 0.1) is 7.11 Å². The van der Waals surface area contributed by atoms with Gasteiger partial charge in [0.25, 0.3) is 0 Å². The van der Waals surface area contributed by atoms with Crippen LogP contribution in [0.25, 0.3) is 0 Å². The molecule has 0 fully saturated rings. The molecule has 1 aromatic carbocycles. The molecule has 0 saturated heterocycles. The Kier molecular flexibility index (Phi) is 6.46. The summed E-state index contributed by atoms with van der Waals surface area (Å²) in [6, 6.07) is 4.50. The number of halogens is 1. The van der Waals surface area contributed by atoms with E-state index in [9.17, 15) is 8.42 Å². The normalized spacial score (nSPS) is 13.7. The van der Waals surface area contributed by atoms with E-state index in [0.29, 0.717) is 23.9 Å². The van der Waals surface area contributed by atoms with E-state index in [1.54, 1.807) is 12.1 Å². The van der Waals surface area contributed by atoms with Crippen molar-refractivity contribution in [3.05, 3.63) is 23.2 Å². The molecule has 0 radical (unpaired) electrons. The highest BCUT2D eigenvalue weighted by Crippen LogP contribution is 2.29. The largest absolute Gasteiger partial charge is 0.495 e. The molecule has 5 nitrogen and oxygen atoms in total. The second-order valence-corrected chi connectivity index (χ2v) is 7.77. The Morgan fingerprint density at radius 1 is 1.38 bits per heavy atom. The van der Waals surface area contributed by atoms with Gasteiger partial charge in [0.15, 0.2) is 0 Å². The minimum Gasteiger partial charge on any atom is -0.495 e. The van der Waals surface area contributed by atoms with Gasteiger partial charge >= 0.3 is 0 Å². The zero-order valence-corrected chi connectivity index (χ0v) is 14.4. The van der Waals surface area contributed by atoms with Crippen LogP contribution in [0.2, 0.25) is 5.02 Å². The topological polar surface area (TPSA) is 72.6 Å². The SMILES string of the molecule is COc1ccc(Cl)cc1S(=O)(=O)N(C)CCC(N)C(C)C. The first kappa shape index (κ1) is 18.2. The van der Waals surface area contributed by atoms with Crippen LogP contribution in [0.5, 0.6) is 5.75 Å². The number of nitrogens with zero attached hydrogens (tertiary/aromatic N) is 1. The fourth-order valence-electron chi connectivity index (χ4n) is 1.80. The molecule has 120 valence electrons. The van der Waals surface area contributed by atoms with Crippen molar-refractivity contribution in [2.75, 3.05) is 20.7 Å². The molecular weight excluding hydrogens is 312 g/mol. The average Bonchev–Trinajstić information content (AvgIpc) is 2.43. The molecule has 7 heteroatoms. The quantitative estimate of drug-likeness (QED) is 0.830. The molecule has 0 aliphatic carbocycles. The lowest BCUT2D eigenvalue weighted by atomic mass is 10.0. The number of hydrogen-bond donors (Lipinski definition) is 1. The fraction of sp³-hybridized carbons (Fsp3) is 0.571. The van der Waals surface area contributed by atoms with Crippen molar-refractivity contribution in [1.29, 1.82) is 0 Å². The van der Waals surface area contributed by atoms with Gasteiger partial charge in [0.2, 0.25) is 10.0 Å². The van der Waals surface area contributed by atoms with Crippen LogP contribution >= 0.6 is 11.6 Å². The molecule has 21 heavy (non-hydrogen) atoms. The Labute approximate surface area is 132 Å². The van der Waals surface area contributed by atoms with E-state index in [-0.39, 0.29) is 16.7 Å². The highest BCUT2D eigenvalue weighted by Gasteiger charge is 2.25. The van der Waals surface area contributed by atoms with E-state index < -0.39 is 10.0 Å². The molecular formula is C14H23ClN2O3S. The first-order chi connectivity index (χ1) is 9.70. The number of hydrogen-bond acceptors (Lipinski definition) is 4. The van der Waals surface area contributed by atoms with Crippen molar-refractivity contribution in [2.24, 2.45) is 11.7 Å². The molecule has 0 aliphatic rings. The summed E-state index contributed by atoms with van der Waals surface area (Å²) < 4.78 is 31.6. The van der Waals surface area contributed by atoms with Gasteiger partial charge in [-0.05, 0) is 30.5 Å². The maximum Gasteiger partial charge on any atom is 0.246 e. The van der Waals surface area contributed by atoms with E-state index in [1.165, 1.54) is 24.5 Å². The average molecular weight is 335 g/mol. The third-order valence-corrected chi connectivity index (χ3v) is 5.56. The van der Waals surface area contributed by atoms with Crippen LogP contribution in [0.4, 0.5) is 0 Å². The lowest BCUT2D eigenvalue weighted by Crippen LogP contribution is -2.34. The summed E-state index contributed by atoms with van der Waals surface area (Å²) in [5.74, 6) is 0.584. The van der Waals surface area contributed by atoms with Crippen LogP contribution in [-0.4, -0.2) is 39.5 Å². The maximum atomic E-state index is 12.6. The van der Waals surface area contributed by atoms with Gasteiger partial charge in [-0.1, -0.05) is 25.4 Å². The summed E-state index contributed by atoms with van der Waals surface area (Å²) in [5.41, 5.74) is 5.96. The van der Waals surface area contributed by atoms with E-state index >= 15 is 0 Å². The van der Waals surface area contributed by atoms with Crippen LogP contribution in [-0.2, 0) is 10.0 Å². The Hall–Kier alpha value is -0.820. The van der Waals surface area contributed by atoms with E-state index in [2.05, 4.69) is 0 Å². The zero-order chi connectivity index (χ0) is 16.2. The monoisotopic (exact) mass is 334 g/mol. The molecule has 0 bridgehead atoms. The minimum absolute atomic E-state index is 0.0380. The lowest BCUT2D eigenvalue weighted by Gasteiger charge is -2.22. The highest BCUT2D eigenvalue weighted by molar-refractivity contribution is 7.89. The third-order valence-electron chi connectivity index (χ3n) is 3.45. The van der Waals surface area contributed by atoms with Gasteiger partial charge in [-0.2, -0.15) is 0 Å². The van der Waals surface area contributed by atoms with Crippen LogP contribution in [0.1, 0.15) is 20.3 Å². The summed E-state index contributed by atoms with van der Waals surface area (Å²) in [7, 11) is -0.699. The maximum absolute atomic E-state index is 12.6. The predicted octanol–water partition coefficient (Wildman–Crippen LogP) is 2.34. The van der Waals surface area contributed by atoms with Crippen LogP contribution < -0.4 is 10.5 Å². The standard InChI is InChI=1S/C14H23ClN2O3S/c1-10(2)12(16)7-8-17(3)21(18,19)14-9-11(15)5-6-13(14)20-4/h5-6,9-10,12H,7-8,16H2,1-4H3. The zero-order valence-electron chi connectivity index (χ0n) is 12.8. The summed E-state index contributed by atoms with van der Waals surface area (Å²) >= 11 is 5.90. The molecule has 1 rings (SSSR count). The highest BCUT2D eigenvalue weighted by atomic mass is 35.5. The van der Waals surface area contributed by atoms with Gasteiger partial charge in [-0.25, -0.2) is 12.7 Å². The van der Waals surface area contributed by atoms with Crippen molar-refractivity contribution < 1.29 is 13.2 Å². The van der Waals surface area contributed by atoms with Crippen molar-refractivity contribution >= 4 is 21.6 Å². The first-order valence-electron chi connectivity index (χ1n) is 6.75. The van der Waals surface area contributed by atoms with Crippen molar-refractivity contribution in [3.63, 3.8) is 0 Å². The molecule has 0 amide bonds. The molecule has 0 heterocycles. The first-order valence-corrected chi connectivity index (χ1v) is 8.57. The predicted molar refractivity (Wildman–Crippen MR) is 85.3 cm³/mol. The molecule has 0 aliphatic heterocycles. The second-order valence-electron chi connectivity index (χ2n) is 5.32. The molecule has 2 N–H and O–H groups in total. The second kappa shape index (κ2) is 7.45. The summed E-state index contributed by atoms with van der Waals surface area (Å²) in [4.78, 5) is 0.0677. The summed E-state index contributed by atoms with van der Waals surface area (Å²) in [5, 5.41) is 0.349. The Balaban J connectivity index is 2.97. The Morgan fingerprint density at radius 3 is 2.52 bits per heavy atom. The van der Waals surface area contributed by atoms with E-state index in [0.717, 1.165) is 0 Å². The summed E-state index contributed by atoms with van der Waals surface area (Å²) in [6.45, 7) is 4.37.